The first-order valence-corrected chi connectivity index (χ1v) is 13.5. The Labute approximate surface area is 211 Å². The Balaban J connectivity index is 1.38. The van der Waals surface area contributed by atoms with Crippen molar-refractivity contribution in [2.45, 2.75) is 59.7 Å². The van der Waals surface area contributed by atoms with E-state index in [0.29, 0.717) is 5.92 Å². The van der Waals surface area contributed by atoms with E-state index in [9.17, 15) is 4.79 Å². The highest BCUT2D eigenvalue weighted by atomic mass is 32.1. The molecule has 3 heterocycles. The van der Waals surface area contributed by atoms with Gasteiger partial charge in [0, 0.05) is 33.6 Å². The topological polar surface area (TPSA) is 46.1 Å². The number of benzene rings is 2. The van der Waals surface area contributed by atoms with Gasteiger partial charge in [0.15, 0.2) is 0 Å². The van der Waals surface area contributed by atoms with Crippen LogP contribution in [0.25, 0.3) is 10.9 Å². The maximum Gasteiger partial charge on any atom is 0.256 e. The lowest BCUT2D eigenvalue weighted by Gasteiger charge is -2.34. The Morgan fingerprint density at radius 1 is 1.03 bits per heavy atom. The molecule has 0 saturated heterocycles. The van der Waals surface area contributed by atoms with Gasteiger partial charge in [0.1, 0.15) is 11.2 Å². The van der Waals surface area contributed by atoms with Gasteiger partial charge in [0.25, 0.3) is 5.91 Å². The number of anilines is 1. The second kappa shape index (κ2) is 8.27. The fourth-order valence-electron chi connectivity index (χ4n) is 5.97. The summed E-state index contributed by atoms with van der Waals surface area (Å²) in [6.07, 6.45) is 2.99. The molecule has 2 atom stereocenters. The summed E-state index contributed by atoms with van der Waals surface area (Å²) >= 11 is 1.80. The highest BCUT2D eigenvalue weighted by Crippen LogP contribution is 2.46. The van der Waals surface area contributed by atoms with Crippen LogP contribution in [-0.4, -0.2) is 10.5 Å². The Morgan fingerprint density at radius 3 is 2.54 bits per heavy atom. The van der Waals surface area contributed by atoms with Crippen molar-refractivity contribution >= 4 is 33.1 Å². The van der Waals surface area contributed by atoms with Gasteiger partial charge in [-0.2, -0.15) is 0 Å². The van der Waals surface area contributed by atoms with Crippen molar-refractivity contribution in [1.82, 2.24) is 9.88 Å². The van der Waals surface area contributed by atoms with E-state index in [-0.39, 0.29) is 17.5 Å². The normalized spacial score (nSPS) is 19.7. The van der Waals surface area contributed by atoms with Crippen molar-refractivity contribution in [3.05, 3.63) is 87.4 Å². The zero-order valence-electron chi connectivity index (χ0n) is 20.9. The first-order chi connectivity index (χ1) is 16.8. The zero-order chi connectivity index (χ0) is 24.3. The summed E-state index contributed by atoms with van der Waals surface area (Å²) in [4.78, 5) is 14.9. The minimum absolute atomic E-state index is 0.0646. The molecule has 1 amide bonds. The Bertz CT molecular complexity index is 1420. The third-order valence-corrected chi connectivity index (χ3v) is 9.21. The first-order valence-electron chi connectivity index (χ1n) is 12.6. The number of carbonyl (C=O) groups is 1. The van der Waals surface area contributed by atoms with Gasteiger partial charge in [0.05, 0.1) is 5.56 Å². The zero-order valence-corrected chi connectivity index (χ0v) is 21.8. The first kappa shape index (κ1) is 22.4. The number of nitrogens with zero attached hydrogens (tertiary/aromatic N) is 1. The van der Waals surface area contributed by atoms with Crippen LogP contribution in [0.5, 0.6) is 0 Å². The number of carbonyl (C=O) groups excluding carboxylic acids is 1. The van der Waals surface area contributed by atoms with Gasteiger partial charge in [-0.15, -0.1) is 11.3 Å². The van der Waals surface area contributed by atoms with Gasteiger partial charge in [-0.25, -0.2) is 0 Å². The average molecular weight is 484 g/mol. The molecule has 0 saturated carbocycles. The predicted octanol–water partition coefficient (Wildman–Crippen LogP) is 7.06. The minimum Gasteiger partial charge on any atom is -0.353 e. The summed E-state index contributed by atoms with van der Waals surface area (Å²) in [5.74, 6) is 0.724. The molecule has 180 valence electrons. The van der Waals surface area contributed by atoms with Crippen LogP contribution in [0.1, 0.15) is 71.0 Å². The second-order valence-corrected chi connectivity index (χ2v) is 12.3. The number of amides is 1. The lowest BCUT2D eigenvalue weighted by atomic mass is 9.72. The van der Waals surface area contributed by atoms with E-state index >= 15 is 0 Å². The van der Waals surface area contributed by atoms with E-state index in [1.807, 2.05) is 0 Å². The van der Waals surface area contributed by atoms with Crippen LogP contribution in [0.3, 0.4) is 0 Å². The number of nitrogens with one attached hydrogen (secondary N) is 2. The van der Waals surface area contributed by atoms with Gasteiger partial charge in [-0.1, -0.05) is 69.3 Å². The van der Waals surface area contributed by atoms with E-state index in [2.05, 4.69) is 97.5 Å². The van der Waals surface area contributed by atoms with E-state index in [4.69, 9.17) is 0 Å². The van der Waals surface area contributed by atoms with E-state index in [0.717, 1.165) is 41.9 Å². The summed E-state index contributed by atoms with van der Waals surface area (Å²) in [5.41, 5.74) is 7.27. The molecule has 0 spiro atoms. The Morgan fingerprint density at radius 2 is 1.77 bits per heavy atom. The molecule has 0 unspecified atom stereocenters. The summed E-state index contributed by atoms with van der Waals surface area (Å²) in [6.45, 7) is 10.00. The summed E-state index contributed by atoms with van der Waals surface area (Å²) in [6, 6.07) is 19.1. The highest BCUT2D eigenvalue weighted by Gasteiger charge is 2.37. The lowest BCUT2D eigenvalue weighted by molar-refractivity contribution is 0.0935. The monoisotopic (exact) mass is 483 g/mol. The molecule has 6 rings (SSSR count). The third kappa shape index (κ3) is 3.77. The Hall–Kier alpha value is -3.05. The molecular formula is C30H33N3OS. The summed E-state index contributed by atoms with van der Waals surface area (Å²) in [7, 11) is 0. The molecule has 1 aliphatic heterocycles. The molecule has 2 aliphatic rings. The van der Waals surface area contributed by atoms with E-state index in [1.165, 1.54) is 32.6 Å². The van der Waals surface area contributed by atoms with Crippen LogP contribution in [0.2, 0.25) is 0 Å². The van der Waals surface area contributed by atoms with Gasteiger partial charge in [-0.05, 0) is 54.7 Å². The molecule has 5 heteroatoms. The number of rotatable bonds is 3. The number of fused-ring (bicyclic) bond motifs is 4. The van der Waals surface area contributed by atoms with Crippen molar-refractivity contribution in [2.75, 3.05) is 5.32 Å². The van der Waals surface area contributed by atoms with Crippen LogP contribution < -0.4 is 10.6 Å². The fourth-order valence-corrected chi connectivity index (χ4v) is 7.33. The van der Waals surface area contributed by atoms with Crippen molar-refractivity contribution in [1.29, 1.82) is 0 Å². The van der Waals surface area contributed by atoms with Gasteiger partial charge in [-0.3, -0.25) is 4.79 Å². The SMILES string of the molecule is Cc1c([C@@H]2NC(=O)c3c(sc4c3CC[C@@H](C(C)(C)C)C4)N2)c2ccccc2n1Cc1ccccc1. The average Bonchev–Trinajstić information content (AvgIpc) is 3.34. The number of hydrogen-bond acceptors (Lipinski definition) is 3. The molecule has 2 aromatic carbocycles. The molecule has 0 fully saturated rings. The predicted molar refractivity (Wildman–Crippen MR) is 145 cm³/mol. The minimum atomic E-state index is -0.240. The van der Waals surface area contributed by atoms with Crippen molar-refractivity contribution in [3.8, 4) is 0 Å². The van der Waals surface area contributed by atoms with Crippen LogP contribution in [-0.2, 0) is 19.4 Å². The largest absolute Gasteiger partial charge is 0.353 e. The van der Waals surface area contributed by atoms with Crippen molar-refractivity contribution in [3.63, 3.8) is 0 Å². The van der Waals surface area contributed by atoms with Crippen LogP contribution in [0, 0.1) is 18.3 Å². The van der Waals surface area contributed by atoms with Crippen LogP contribution >= 0.6 is 11.3 Å². The standard InChI is InChI=1S/C30H33N3OS/c1-18-25(21-12-8-9-13-23(21)33(18)17-19-10-6-5-7-11-19)27-31-28(34)26-22-15-14-20(30(2,3)4)16-24(22)35-29(26)32-27/h5-13,20,27,32H,14-17H2,1-4H3,(H,31,34)/t20-,27-/m1/s1. The maximum absolute atomic E-state index is 13.5. The molecule has 2 aromatic heterocycles. The molecule has 2 N–H and O–H groups in total. The van der Waals surface area contributed by atoms with Gasteiger partial charge >= 0.3 is 0 Å². The number of hydrogen-bond donors (Lipinski definition) is 2. The van der Waals surface area contributed by atoms with Crippen LogP contribution in [0.4, 0.5) is 5.00 Å². The molecule has 4 nitrogen and oxygen atoms in total. The van der Waals surface area contributed by atoms with Crippen LogP contribution in [0.15, 0.2) is 54.6 Å². The van der Waals surface area contributed by atoms with E-state index in [1.54, 1.807) is 11.3 Å². The van der Waals surface area contributed by atoms with E-state index < -0.39 is 0 Å². The number of thiophene rings is 1. The molecular weight excluding hydrogens is 450 g/mol. The third-order valence-electron chi connectivity index (χ3n) is 8.02. The van der Waals surface area contributed by atoms with Gasteiger partial charge in [0.2, 0.25) is 0 Å². The summed E-state index contributed by atoms with van der Waals surface area (Å²) < 4.78 is 2.37. The van der Waals surface area contributed by atoms with Crippen molar-refractivity contribution < 1.29 is 4.79 Å². The highest BCUT2D eigenvalue weighted by molar-refractivity contribution is 7.16. The fraction of sp³-hybridized carbons (Fsp3) is 0.367. The molecule has 4 aromatic rings. The molecule has 35 heavy (non-hydrogen) atoms. The smallest absolute Gasteiger partial charge is 0.256 e. The number of aromatic nitrogens is 1. The second-order valence-electron chi connectivity index (χ2n) is 11.2. The lowest BCUT2D eigenvalue weighted by Crippen LogP contribution is -2.38. The molecule has 1 aliphatic carbocycles. The van der Waals surface area contributed by atoms with Crippen molar-refractivity contribution in [2.24, 2.45) is 11.3 Å². The molecule has 0 radical (unpaired) electrons. The Kier molecular flexibility index (Phi) is 5.29. The summed E-state index contributed by atoms with van der Waals surface area (Å²) in [5, 5.41) is 9.29. The molecule has 0 bridgehead atoms. The maximum atomic E-state index is 13.5. The quantitative estimate of drug-likeness (QED) is 0.327. The van der Waals surface area contributed by atoms with Gasteiger partial charge < -0.3 is 15.2 Å². The number of para-hydroxylation sites is 1.